The molecule has 7 nitrogen and oxygen atoms in total. The Morgan fingerprint density at radius 2 is 1.71 bits per heavy atom. The average Bonchev–Trinajstić information content (AvgIpc) is 3.42. The molecule has 3 aromatic carbocycles. The number of amides is 1. The molecule has 2 heterocycles. The molecule has 1 aliphatic heterocycles. The van der Waals surface area contributed by atoms with E-state index in [0.717, 1.165) is 10.3 Å². The van der Waals surface area contributed by atoms with Crippen molar-refractivity contribution in [2.75, 3.05) is 19.1 Å². The van der Waals surface area contributed by atoms with Crippen LogP contribution in [0.2, 0.25) is 0 Å². The fraction of sp³-hybridized carbons (Fsp3) is 0.185. The lowest BCUT2D eigenvalue weighted by atomic mass is 9.85. The van der Waals surface area contributed by atoms with E-state index in [2.05, 4.69) is 4.98 Å². The van der Waals surface area contributed by atoms with Gasteiger partial charge in [0.05, 0.1) is 30.5 Å². The number of carbonyl (C=O) groups is 3. The van der Waals surface area contributed by atoms with Crippen LogP contribution in [0.1, 0.15) is 27.5 Å². The van der Waals surface area contributed by atoms with Gasteiger partial charge in [-0.3, -0.25) is 19.3 Å². The van der Waals surface area contributed by atoms with Crippen molar-refractivity contribution < 1.29 is 23.9 Å². The zero-order valence-electron chi connectivity index (χ0n) is 19.3. The number of Topliss-reactive ketones (excluding diaryl/α,β-unsaturated/α-hetero) is 2. The van der Waals surface area contributed by atoms with E-state index >= 15 is 0 Å². The number of ether oxygens (including phenoxy) is 2. The minimum Gasteiger partial charge on any atom is -0.497 e. The van der Waals surface area contributed by atoms with Gasteiger partial charge in [0.25, 0.3) is 5.91 Å². The smallest absolute Gasteiger partial charge is 0.297 e. The summed E-state index contributed by atoms with van der Waals surface area (Å²) in [5.74, 6) is -2.29. The van der Waals surface area contributed by atoms with Crippen LogP contribution in [-0.2, 0) is 9.59 Å². The lowest BCUT2D eigenvalue weighted by molar-refractivity contribution is -0.135. The first-order valence-corrected chi connectivity index (χ1v) is 11.8. The fourth-order valence-corrected chi connectivity index (χ4v) is 5.39. The van der Waals surface area contributed by atoms with Crippen LogP contribution in [0.4, 0.5) is 5.13 Å². The monoisotopic (exact) mass is 486 g/mol. The third-order valence-electron chi connectivity index (χ3n) is 6.17. The molecule has 0 bridgehead atoms. The molecule has 0 saturated carbocycles. The number of hydrogen-bond acceptors (Lipinski definition) is 7. The lowest BCUT2D eigenvalue weighted by Gasteiger charge is -2.27. The Hall–Kier alpha value is -4.04. The summed E-state index contributed by atoms with van der Waals surface area (Å²) in [6, 6.07) is 18.6. The number of nitrogens with zero attached hydrogens (tertiary/aromatic N) is 2. The van der Waals surface area contributed by atoms with E-state index in [1.165, 1.54) is 30.5 Å². The molecular formula is C27H22N2O5S. The number of carbonyl (C=O) groups excluding carboxylic acids is 3. The third-order valence-corrected chi connectivity index (χ3v) is 7.20. The van der Waals surface area contributed by atoms with E-state index in [4.69, 9.17) is 9.47 Å². The molecule has 0 N–H and O–H groups in total. The van der Waals surface area contributed by atoms with Crippen LogP contribution in [0.5, 0.6) is 11.5 Å². The first-order valence-electron chi connectivity index (χ1n) is 11.0. The molecule has 1 fully saturated rings. The Morgan fingerprint density at radius 3 is 2.40 bits per heavy atom. The zero-order valence-corrected chi connectivity index (χ0v) is 20.2. The lowest BCUT2D eigenvalue weighted by Crippen LogP contribution is -2.31. The molecule has 0 spiro atoms. The summed E-state index contributed by atoms with van der Waals surface area (Å²) < 4.78 is 11.9. The van der Waals surface area contributed by atoms with E-state index in [-0.39, 0.29) is 0 Å². The number of rotatable bonds is 6. The van der Waals surface area contributed by atoms with Crippen LogP contribution in [0.3, 0.4) is 0 Å². The number of hydrogen-bond donors (Lipinski definition) is 0. The average molecular weight is 487 g/mol. The number of benzene rings is 3. The SMILES string of the molecule is COc1ccc(OC)c(C2C(C(=O)c3ccc(C)cc3)C(=O)C(=O)N2c2nc3ccccc3s2)c1. The normalized spacial score (nSPS) is 17.7. The van der Waals surface area contributed by atoms with Gasteiger partial charge < -0.3 is 9.47 Å². The summed E-state index contributed by atoms with van der Waals surface area (Å²) in [4.78, 5) is 46.5. The van der Waals surface area contributed by atoms with Gasteiger partial charge in [-0.25, -0.2) is 4.98 Å². The highest BCUT2D eigenvalue weighted by molar-refractivity contribution is 7.22. The van der Waals surface area contributed by atoms with E-state index in [9.17, 15) is 14.4 Å². The number of para-hydroxylation sites is 1. The third kappa shape index (κ3) is 3.85. The van der Waals surface area contributed by atoms with Crippen LogP contribution in [0.25, 0.3) is 10.2 Å². The van der Waals surface area contributed by atoms with Crippen molar-refractivity contribution in [2.24, 2.45) is 5.92 Å². The topological polar surface area (TPSA) is 85.8 Å². The molecule has 8 heteroatoms. The summed E-state index contributed by atoms with van der Waals surface area (Å²) in [7, 11) is 3.03. The Labute approximate surface area is 205 Å². The summed E-state index contributed by atoms with van der Waals surface area (Å²) >= 11 is 1.29. The van der Waals surface area contributed by atoms with Crippen molar-refractivity contribution in [1.29, 1.82) is 0 Å². The summed E-state index contributed by atoms with van der Waals surface area (Å²) in [5.41, 5.74) is 2.55. The van der Waals surface area contributed by atoms with E-state index in [0.29, 0.717) is 33.3 Å². The highest BCUT2D eigenvalue weighted by atomic mass is 32.1. The van der Waals surface area contributed by atoms with Gasteiger partial charge in [0.15, 0.2) is 10.9 Å². The van der Waals surface area contributed by atoms with Crippen LogP contribution in [0, 0.1) is 12.8 Å². The molecule has 4 aromatic rings. The van der Waals surface area contributed by atoms with Crippen molar-refractivity contribution >= 4 is 44.2 Å². The van der Waals surface area contributed by atoms with E-state index in [1.807, 2.05) is 31.2 Å². The largest absolute Gasteiger partial charge is 0.497 e. The van der Waals surface area contributed by atoms with Crippen molar-refractivity contribution in [1.82, 2.24) is 4.98 Å². The highest BCUT2D eigenvalue weighted by Gasteiger charge is 2.54. The first kappa shape index (κ1) is 22.7. The van der Waals surface area contributed by atoms with E-state index in [1.54, 1.807) is 42.5 Å². The molecule has 1 aromatic heterocycles. The Morgan fingerprint density at radius 1 is 0.971 bits per heavy atom. The van der Waals surface area contributed by atoms with Crippen LogP contribution in [-0.4, -0.2) is 36.7 Å². The number of aryl methyl sites for hydroxylation is 1. The Balaban J connectivity index is 1.72. The summed E-state index contributed by atoms with van der Waals surface area (Å²) in [5, 5.41) is 0.346. The molecule has 1 amide bonds. The fourth-order valence-electron chi connectivity index (χ4n) is 4.39. The van der Waals surface area contributed by atoms with Gasteiger partial charge in [-0.15, -0.1) is 0 Å². The predicted octanol–water partition coefficient (Wildman–Crippen LogP) is 4.78. The van der Waals surface area contributed by atoms with Gasteiger partial charge in [-0.1, -0.05) is 53.3 Å². The maximum Gasteiger partial charge on any atom is 0.297 e. The molecule has 2 atom stereocenters. The molecule has 1 saturated heterocycles. The van der Waals surface area contributed by atoms with E-state index < -0.39 is 29.4 Å². The van der Waals surface area contributed by atoms with Crippen molar-refractivity contribution in [3.05, 3.63) is 83.4 Å². The second-order valence-corrected chi connectivity index (χ2v) is 9.27. The molecule has 0 radical (unpaired) electrons. The molecule has 5 rings (SSSR count). The van der Waals surface area contributed by atoms with Crippen molar-refractivity contribution in [3.8, 4) is 11.5 Å². The standard InChI is InChI=1S/C27H22N2O5S/c1-15-8-10-16(11-9-15)24(30)22-23(18-14-17(33-2)12-13-20(18)34-3)29(26(32)25(22)31)27-28-19-6-4-5-7-21(19)35-27/h4-14,22-23H,1-3H3. The van der Waals surface area contributed by atoms with Crippen LogP contribution in [0.15, 0.2) is 66.7 Å². The molecule has 1 aliphatic rings. The minimum atomic E-state index is -1.27. The minimum absolute atomic E-state index is 0.346. The van der Waals surface area contributed by atoms with Crippen molar-refractivity contribution in [3.63, 3.8) is 0 Å². The summed E-state index contributed by atoms with van der Waals surface area (Å²) in [6.45, 7) is 1.91. The molecule has 0 aliphatic carbocycles. The van der Waals surface area contributed by atoms with Gasteiger partial charge in [-0.05, 0) is 37.3 Å². The number of fused-ring (bicyclic) bond motifs is 1. The quantitative estimate of drug-likeness (QED) is 0.222. The number of thiazole rings is 1. The Kier molecular flexibility index (Phi) is 5.82. The number of methoxy groups -OCH3 is 2. The number of aromatic nitrogens is 1. The van der Waals surface area contributed by atoms with Gasteiger partial charge in [0.2, 0.25) is 5.78 Å². The second-order valence-electron chi connectivity index (χ2n) is 8.26. The maximum absolute atomic E-state index is 13.7. The van der Waals surface area contributed by atoms with Gasteiger partial charge in [-0.2, -0.15) is 0 Å². The van der Waals surface area contributed by atoms with Crippen LogP contribution >= 0.6 is 11.3 Å². The van der Waals surface area contributed by atoms with Gasteiger partial charge in [0.1, 0.15) is 17.4 Å². The molecular weight excluding hydrogens is 464 g/mol. The molecule has 176 valence electrons. The predicted molar refractivity (Wildman–Crippen MR) is 133 cm³/mol. The first-order chi connectivity index (χ1) is 16.9. The molecule has 2 unspecified atom stereocenters. The number of anilines is 1. The number of ketones is 2. The second kappa shape index (κ2) is 8.96. The van der Waals surface area contributed by atoms with Gasteiger partial charge >= 0.3 is 0 Å². The zero-order chi connectivity index (χ0) is 24.7. The maximum atomic E-state index is 13.7. The van der Waals surface area contributed by atoms with Crippen molar-refractivity contribution in [2.45, 2.75) is 13.0 Å². The van der Waals surface area contributed by atoms with Gasteiger partial charge in [0, 0.05) is 11.1 Å². The summed E-state index contributed by atoms with van der Waals surface area (Å²) in [6.07, 6.45) is 0. The highest BCUT2D eigenvalue weighted by Crippen LogP contribution is 2.46. The van der Waals surface area contributed by atoms with Crippen LogP contribution < -0.4 is 14.4 Å². The Bertz CT molecular complexity index is 1430. The molecule has 35 heavy (non-hydrogen) atoms.